The minimum absolute atomic E-state index is 0.154. The minimum Gasteiger partial charge on any atom is -0.444 e. The van der Waals surface area contributed by atoms with Gasteiger partial charge in [-0.05, 0) is 27.2 Å². The van der Waals surface area contributed by atoms with Crippen molar-refractivity contribution in [2.24, 2.45) is 0 Å². The second kappa shape index (κ2) is 4.31. The van der Waals surface area contributed by atoms with Crippen LogP contribution in [0.1, 0.15) is 38.9 Å². The number of tetrazole rings is 1. The van der Waals surface area contributed by atoms with Crippen LogP contribution < -0.4 is 0 Å². The van der Waals surface area contributed by atoms with Crippen LogP contribution in [0.5, 0.6) is 0 Å². The van der Waals surface area contributed by atoms with Gasteiger partial charge >= 0.3 is 6.09 Å². The molecule has 1 fully saturated rings. The number of nitrogens with zero attached hydrogens (tertiary/aromatic N) is 4. The average Bonchev–Trinajstić information content (AvgIpc) is 2.86. The molecule has 0 spiro atoms. The van der Waals surface area contributed by atoms with Crippen LogP contribution in [0.3, 0.4) is 0 Å². The quantitative estimate of drug-likeness (QED) is 0.788. The fourth-order valence-electron chi connectivity index (χ4n) is 1.81. The fourth-order valence-corrected chi connectivity index (χ4v) is 1.81. The molecule has 1 saturated heterocycles. The van der Waals surface area contributed by atoms with Crippen molar-refractivity contribution in [1.29, 1.82) is 0 Å². The number of H-pyrrole nitrogens is 1. The molecule has 0 saturated carbocycles. The Balaban J connectivity index is 1.92. The number of likely N-dealkylation sites (tertiary alicyclic amines) is 1. The normalized spacial score (nSPS) is 20.6. The van der Waals surface area contributed by atoms with E-state index < -0.39 is 5.60 Å². The molecule has 0 aliphatic carbocycles. The zero-order valence-corrected chi connectivity index (χ0v) is 10.3. The zero-order valence-electron chi connectivity index (χ0n) is 10.3. The molecular weight excluding hydrogens is 222 g/mol. The summed E-state index contributed by atoms with van der Waals surface area (Å²) >= 11 is 0. The Bertz CT molecular complexity index is 384. The monoisotopic (exact) mass is 239 g/mol. The molecule has 17 heavy (non-hydrogen) atoms. The van der Waals surface area contributed by atoms with Gasteiger partial charge < -0.3 is 9.64 Å². The lowest BCUT2D eigenvalue weighted by molar-refractivity contribution is 0.0292. The summed E-state index contributed by atoms with van der Waals surface area (Å²) in [5, 5.41) is 13.8. The van der Waals surface area contributed by atoms with Gasteiger partial charge in [-0.25, -0.2) is 4.79 Å². The van der Waals surface area contributed by atoms with Gasteiger partial charge in [0, 0.05) is 19.0 Å². The van der Waals surface area contributed by atoms with E-state index in [1.807, 2.05) is 20.8 Å². The number of rotatable bonds is 1. The van der Waals surface area contributed by atoms with Gasteiger partial charge in [0.05, 0.1) is 0 Å². The predicted octanol–water partition coefficient (Wildman–Crippen LogP) is 0.924. The maximum absolute atomic E-state index is 11.8. The third kappa shape index (κ3) is 2.92. The number of hydrogen-bond donors (Lipinski definition) is 1. The molecule has 7 heteroatoms. The van der Waals surface area contributed by atoms with Gasteiger partial charge in [-0.2, -0.15) is 5.21 Å². The highest BCUT2D eigenvalue weighted by Gasteiger charge is 2.32. The first-order chi connectivity index (χ1) is 7.96. The molecular formula is C10H17N5O2. The number of aromatic nitrogens is 4. The van der Waals surface area contributed by atoms with Crippen LogP contribution in [0.15, 0.2) is 0 Å². The SMILES string of the molecule is CC(C)(C)OC(=O)N1CC[C@@H](c2nn[nH]n2)C1. The molecule has 1 aliphatic heterocycles. The van der Waals surface area contributed by atoms with Gasteiger partial charge in [0.15, 0.2) is 5.82 Å². The Hall–Kier alpha value is -1.66. The summed E-state index contributed by atoms with van der Waals surface area (Å²) in [4.78, 5) is 13.5. The Kier molecular flexibility index (Phi) is 2.99. The molecule has 1 N–H and O–H groups in total. The van der Waals surface area contributed by atoms with Crippen molar-refractivity contribution in [3.8, 4) is 0 Å². The van der Waals surface area contributed by atoms with E-state index in [2.05, 4.69) is 20.6 Å². The van der Waals surface area contributed by atoms with Crippen molar-refractivity contribution >= 4 is 6.09 Å². The maximum atomic E-state index is 11.8. The molecule has 94 valence electrons. The van der Waals surface area contributed by atoms with Crippen molar-refractivity contribution in [1.82, 2.24) is 25.5 Å². The lowest BCUT2D eigenvalue weighted by atomic mass is 10.1. The molecule has 0 bridgehead atoms. The van der Waals surface area contributed by atoms with E-state index in [-0.39, 0.29) is 12.0 Å². The standard InChI is InChI=1S/C10H17N5O2/c1-10(2,3)17-9(16)15-5-4-7(6-15)8-11-13-14-12-8/h7H,4-6H2,1-3H3,(H,11,12,13,14)/t7-/m1/s1. The van der Waals surface area contributed by atoms with Crippen LogP contribution in [0.25, 0.3) is 0 Å². The van der Waals surface area contributed by atoms with Crippen molar-refractivity contribution in [2.75, 3.05) is 13.1 Å². The molecule has 7 nitrogen and oxygen atoms in total. The van der Waals surface area contributed by atoms with E-state index in [0.29, 0.717) is 18.9 Å². The number of hydrogen-bond acceptors (Lipinski definition) is 5. The minimum atomic E-state index is -0.457. The second-order valence-corrected chi connectivity index (χ2v) is 5.18. The fraction of sp³-hybridized carbons (Fsp3) is 0.800. The third-order valence-corrected chi connectivity index (χ3v) is 2.57. The molecule has 1 aliphatic rings. The van der Waals surface area contributed by atoms with Crippen molar-refractivity contribution < 1.29 is 9.53 Å². The first kappa shape index (κ1) is 11.8. The Labute approximate surface area is 99.5 Å². The van der Waals surface area contributed by atoms with Crippen LogP contribution in [0.4, 0.5) is 4.79 Å². The predicted molar refractivity (Wildman–Crippen MR) is 59.3 cm³/mol. The zero-order chi connectivity index (χ0) is 12.5. The second-order valence-electron chi connectivity index (χ2n) is 5.18. The highest BCUT2D eigenvalue weighted by Crippen LogP contribution is 2.25. The van der Waals surface area contributed by atoms with Gasteiger partial charge in [0.1, 0.15) is 5.60 Å². The van der Waals surface area contributed by atoms with E-state index >= 15 is 0 Å². The molecule has 1 amide bonds. The van der Waals surface area contributed by atoms with E-state index in [9.17, 15) is 4.79 Å². The highest BCUT2D eigenvalue weighted by molar-refractivity contribution is 5.68. The number of amides is 1. The molecule has 1 aromatic rings. The largest absolute Gasteiger partial charge is 0.444 e. The first-order valence-corrected chi connectivity index (χ1v) is 5.67. The van der Waals surface area contributed by atoms with E-state index in [4.69, 9.17) is 4.74 Å². The van der Waals surface area contributed by atoms with Gasteiger partial charge in [0.2, 0.25) is 0 Å². The molecule has 2 heterocycles. The van der Waals surface area contributed by atoms with Crippen LogP contribution in [-0.4, -0.2) is 50.3 Å². The van der Waals surface area contributed by atoms with Gasteiger partial charge in [-0.3, -0.25) is 0 Å². The summed E-state index contributed by atoms with van der Waals surface area (Å²) in [6, 6.07) is 0. The molecule has 1 atom stereocenters. The molecule has 0 aromatic carbocycles. The molecule has 1 aromatic heterocycles. The van der Waals surface area contributed by atoms with E-state index in [1.54, 1.807) is 4.90 Å². The summed E-state index contributed by atoms with van der Waals surface area (Å²) < 4.78 is 5.31. The number of ether oxygens (including phenoxy) is 1. The highest BCUT2D eigenvalue weighted by atomic mass is 16.6. The van der Waals surface area contributed by atoms with Gasteiger partial charge in [-0.1, -0.05) is 5.21 Å². The first-order valence-electron chi connectivity index (χ1n) is 5.67. The maximum Gasteiger partial charge on any atom is 0.410 e. The Morgan fingerprint density at radius 2 is 2.29 bits per heavy atom. The van der Waals surface area contributed by atoms with E-state index in [1.165, 1.54) is 0 Å². The van der Waals surface area contributed by atoms with E-state index in [0.717, 1.165) is 6.42 Å². The molecule has 0 unspecified atom stereocenters. The van der Waals surface area contributed by atoms with Crippen LogP contribution in [-0.2, 0) is 4.74 Å². The summed E-state index contributed by atoms with van der Waals surface area (Å²) in [5.74, 6) is 0.817. The number of carbonyl (C=O) groups is 1. The smallest absolute Gasteiger partial charge is 0.410 e. The Morgan fingerprint density at radius 3 is 2.88 bits per heavy atom. The summed E-state index contributed by atoms with van der Waals surface area (Å²) in [6.07, 6.45) is 0.571. The van der Waals surface area contributed by atoms with Gasteiger partial charge in [-0.15, -0.1) is 10.2 Å². The Morgan fingerprint density at radius 1 is 1.53 bits per heavy atom. The summed E-state index contributed by atoms with van der Waals surface area (Å²) in [6.45, 7) is 6.84. The lowest BCUT2D eigenvalue weighted by Crippen LogP contribution is -2.35. The average molecular weight is 239 g/mol. The number of carbonyl (C=O) groups excluding carboxylic acids is 1. The van der Waals surface area contributed by atoms with Gasteiger partial charge in [0.25, 0.3) is 0 Å². The van der Waals surface area contributed by atoms with Crippen LogP contribution in [0, 0.1) is 0 Å². The van der Waals surface area contributed by atoms with Crippen molar-refractivity contribution in [3.63, 3.8) is 0 Å². The van der Waals surface area contributed by atoms with Crippen molar-refractivity contribution in [2.45, 2.75) is 38.7 Å². The summed E-state index contributed by atoms with van der Waals surface area (Å²) in [5.41, 5.74) is -0.457. The van der Waals surface area contributed by atoms with Crippen molar-refractivity contribution in [3.05, 3.63) is 5.82 Å². The summed E-state index contributed by atoms with van der Waals surface area (Å²) in [7, 11) is 0. The van der Waals surface area contributed by atoms with Crippen LogP contribution in [0.2, 0.25) is 0 Å². The van der Waals surface area contributed by atoms with Crippen LogP contribution >= 0.6 is 0 Å². The molecule has 2 rings (SSSR count). The molecule has 0 radical (unpaired) electrons. The lowest BCUT2D eigenvalue weighted by Gasteiger charge is -2.24. The topological polar surface area (TPSA) is 84.0 Å². The number of aromatic amines is 1. The third-order valence-electron chi connectivity index (χ3n) is 2.57. The number of nitrogens with one attached hydrogen (secondary N) is 1.